The van der Waals surface area contributed by atoms with E-state index in [4.69, 9.17) is 4.74 Å². The fourth-order valence-electron chi connectivity index (χ4n) is 2.75. The maximum Gasteiger partial charge on any atom is 0.233 e. The molecule has 5 nitrogen and oxygen atoms in total. The molecule has 0 bridgehead atoms. The fourth-order valence-corrected chi connectivity index (χ4v) is 2.75. The van der Waals surface area contributed by atoms with Crippen molar-refractivity contribution in [2.45, 2.75) is 51.0 Å². The quantitative estimate of drug-likeness (QED) is 0.649. The van der Waals surface area contributed by atoms with Crippen LogP contribution in [0.3, 0.4) is 0 Å². The lowest BCUT2D eigenvalue weighted by Gasteiger charge is -2.16. The Morgan fingerprint density at radius 1 is 1.14 bits per heavy atom. The van der Waals surface area contributed by atoms with Crippen molar-refractivity contribution >= 4 is 17.5 Å². The van der Waals surface area contributed by atoms with Gasteiger partial charge in [0, 0.05) is 17.8 Å². The van der Waals surface area contributed by atoms with Crippen LogP contribution >= 0.6 is 0 Å². The molecule has 120 valence electrons. The predicted molar refractivity (Wildman–Crippen MR) is 85.9 cm³/mol. The van der Waals surface area contributed by atoms with E-state index in [-0.39, 0.29) is 24.3 Å². The lowest BCUT2D eigenvalue weighted by Crippen LogP contribution is -2.36. The van der Waals surface area contributed by atoms with Crippen molar-refractivity contribution < 1.29 is 14.3 Å². The lowest BCUT2D eigenvalue weighted by molar-refractivity contribution is -0.127. The van der Waals surface area contributed by atoms with Crippen molar-refractivity contribution in [1.29, 1.82) is 0 Å². The molecular weight excluding hydrogens is 280 g/mol. The van der Waals surface area contributed by atoms with Gasteiger partial charge in [0.1, 0.15) is 12.2 Å². The number of rotatable bonds is 5. The van der Waals surface area contributed by atoms with E-state index in [1.54, 1.807) is 31.4 Å². The van der Waals surface area contributed by atoms with E-state index in [0.717, 1.165) is 25.7 Å². The first kappa shape index (κ1) is 16.3. The molecule has 0 aliphatic heterocycles. The number of benzene rings is 1. The minimum Gasteiger partial charge on any atom is -0.497 e. The molecule has 1 aliphatic rings. The number of methoxy groups -OCH3 is 1. The van der Waals surface area contributed by atoms with E-state index < -0.39 is 0 Å². The molecular formula is C17H24N2O3. The largest absolute Gasteiger partial charge is 0.497 e. The first-order chi connectivity index (χ1) is 10.7. The van der Waals surface area contributed by atoms with Crippen molar-refractivity contribution in [1.82, 2.24) is 5.32 Å². The van der Waals surface area contributed by atoms with E-state index >= 15 is 0 Å². The van der Waals surface area contributed by atoms with Crippen molar-refractivity contribution in [2.75, 3.05) is 12.4 Å². The average Bonchev–Trinajstić information content (AvgIpc) is 2.75. The SMILES string of the molecule is COc1cccc(NC(=O)CC(=O)NC2CCCCCC2)c1. The van der Waals surface area contributed by atoms with E-state index in [2.05, 4.69) is 10.6 Å². The van der Waals surface area contributed by atoms with E-state index in [9.17, 15) is 9.59 Å². The molecule has 0 saturated heterocycles. The van der Waals surface area contributed by atoms with Crippen molar-refractivity contribution in [3.05, 3.63) is 24.3 Å². The van der Waals surface area contributed by atoms with Gasteiger partial charge in [-0.05, 0) is 25.0 Å². The third kappa shape index (κ3) is 5.39. The number of ether oxygens (including phenoxy) is 1. The highest BCUT2D eigenvalue weighted by molar-refractivity contribution is 6.03. The Bertz CT molecular complexity index is 508. The average molecular weight is 304 g/mol. The standard InChI is InChI=1S/C17H24N2O3/c1-22-15-10-6-9-14(11-15)19-17(21)12-16(20)18-13-7-4-2-3-5-8-13/h6,9-11,13H,2-5,7-8,12H2,1H3,(H,18,20)(H,19,21). The van der Waals surface area contributed by atoms with Crippen LogP contribution in [-0.4, -0.2) is 25.0 Å². The lowest BCUT2D eigenvalue weighted by atomic mass is 10.1. The summed E-state index contributed by atoms with van der Waals surface area (Å²) < 4.78 is 5.10. The molecule has 1 aromatic carbocycles. The van der Waals surface area contributed by atoms with Gasteiger partial charge in [0.2, 0.25) is 11.8 Å². The van der Waals surface area contributed by atoms with Crippen LogP contribution in [0.15, 0.2) is 24.3 Å². The molecule has 0 aromatic heterocycles. The zero-order valence-electron chi connectivity index (χ0n) is 13.1. The summed E-state index contributed by atoms with van der Waals surface area (Å²) >= 11 is 0. The molecule has 1 aromatic rings. The Labute approximate surface area is 131 Å². The summed E-state index contributed by atoms with van der Waals surface area (Å²) in [5.74, 6) is 0.160. The molecule has 1 aliphatic carbocycles. The summed E-state index contributed by atoms with van der Waals surface area (Å²) in [7, 11) is 1.57. The van der Waals surface area contributed by atoms with Gasteiger partial charge in [0.05, 0.1) is 7.11 Å². The normalized spacial score (nSPS) is 15.7. The van der Waals surface area contributed by atoms with Gasteiger partial charge in [0.25, 0.3) is 0 Å². The van der Waals surface area contributed by atoms with E-state index in [0.29, 0.717) is 11.4 Å². The molecule has 0 unspecified atom stereocenters. The number of carbonyl (C=O) groups excluding carboxylic acids is 2. The summed E-state index contributed by atoms with van der Waals surface area (Å²) in [5.41, 5.74) is 0.631. The van der Waals surface area contributed by atoms with Crippen LogP contribution in [0, 0.1) is 0 Å². The van der Waals surface area contributed by atoms with Crippen LogP contribution in [0.1, 0.15) is 44.9 Å². The monoisotopic (exact) mass is 304 g/mol. The number of carbonyl (C=O) groups is 2. The molecule has 0 radical (unpaired) electrons. The van der Waals surface area contributed by atoms with Crippen molar-refractivity contribution in [3.8, 4) is 5.75 Å². The van der Waals surface area contributed by atoms with E-state index in [1.807, 2.05) is 0 Å². The number of hydrogen-bond donors (Lipinski definition) is 2. The first-order valence-corrected chi connectivity index (χ1v) is 7.90. The van der Waals surface area contributed by atoms with Crippen LogP contribution < -0.4 is 15.4 Å². The zero-order valence-corrected chi connectivity index (χ0v) is 13.1. The molecule has 1 fully saturated rings. The Kier molecular flexibility index (Phi) is 6.25. The third-order valence-electron chi connectivity index (χ3n) is 3.89. The second-order valence-electron chi connectivity index (χ2n) is 5.71. The third-order valence-corrected chi connectivity index (χ3v) is 3.89. The molecule has 2 N–H and O–H groups in total. The maximum atomic E-state index is 12.0. The van der Waals surface area contributed by atoms with Crippen LogP contribution in [0.5, 0.6) is 5.75 Å². The van der Waals surface area contributed by atoms with Gasteiger partial charge in [-0.2, -0.15) is 0 Å². The van der Waals surface area contributed by atoms with Gasteiger partial charge in [-0.3, -0.25) is 9.59 Å². The maximum absolute atomic E-state index is 12.0. The van der Waals surface area contributed by atoms with E-state index in [1.165, 1.54) is 12.8 Å². The van der Waals surface area contributed by atoms with Gasteiger partial charge >= 0.3 is 0 Å². The molecule has 0 atom stereocenters. The summed E-state index contributed by atoms with van der Waals surface area (Å²) in [4.78, 5) is 23.9. The second-order valence-corrected chi connectivity index (χ2v) is 5.71. The Morgan fingerprint density at radius 2 is 1.86 bits per heavy atom. The number of nitrogens with one attached hydrogen (secondary N) is 2. The van der Waals surface area contributed by atoms with Crippen LogP contribution in [0.4, 0.5) is 5.69 Å². The smallest absolute Gasteiger partial charge is 0.233 e. The molecule has 5 heteroatoms. The van der Waals surface area contributed by atoms with Crippen LogP contribution in [-0.2, 0) is 9.59 Å². The Morgan fingerprint density at radius 3 is 2.55 bits per heavy atom. The molecule has 0 heterocycles. The molecule has 1 saturated carbocycles. The number of amides is 2. The summed E-state index contributed by atoms with van der Waals surface area (Å²) in [6.45, 7) is 0. The van der Waals surface area contributed by atoms with Crippen LogP contribution in [0.2, 0.25) is 0 Å². The predicted octanol–water partition coefficient (Wildman–Crippen LogP) is 2.86. The van der Waals surface area contributed by atoms with Crippen molar-refractivity contribution in [3.63, 3.8) is 0 Å². The highest BCUT2D eigenvalue weighted by Crippen LogP contribution is 2.18. The summed E-state index contributed by atoms with van der Waals surface area (Å²) in [5, 5.41) is 5.69. The van der Waals surface area contributed by atoms with Crippen LogP contribution in [0.25, 0.3) is 0 Å². The van der Waals surface area contributed by atoms with Gasteiger partial charge < -0.3 is 15.4 Å². The first-order valence-electron chi connectivity index (χ1n) is 7.90. The highest BCUT2D eigenvalue weighted by atomic mass is 16.5. The summed E-state index contributed by atoms with van der Waals surface area (Å²) in [6, 6.07) is 7.30. The molecule has 2 rings (SSSR count). The zero-order chi connectivity index (χ0) is 15.8. The van der Waals surface area contributed by atoms with Gasteiger partial charge in [-0.25, -0.2) is 0 Å². The Hall–Kier alpha value is -2.04. The summed E-state index contributed by atoms with van der Waals surface area (Å²) in [6.07, 6.45) is 6.67. The number of hydrogen-bond acceptors (Lipinski definition) is 3. The number of anilines is 1. The van der Waals surface area contributed by atoms with Crippen molar-refractivity contribution in [2.24, 2.45) is 0 Å². The highest BCUT2D eigenvalue weighted by Gasteiger charge is 2.16. The topological polar surface area (TPSA) is 67.4 Å². The minimum absolute atomic E-state index is 0.145. The molecule has 22 heavy (non-hydrogen) atoms. The van der Waals surface area contributed by atoms with Gasteiger partial charge in [-0.15, -0.1) is 0 Å². The second kappa shape index (κ2) is 8.41. The fraction of sp³-hybridized carbons (Fsp3) is 0.529. The molecule has 2 amide bonds. The van der Waals surface area contributed by atoms with Gasteiger partial charge in [-0.1, -0.05) is 31.7 Å². The van der Waals surface area contributed by atoms with Gasteiger partial charge in [0.15, 0.2) is 0 Å². The molecule has 0 spiro atoms. The Balaban J connectivity index is 1.79. The minimum atomic E-state index is -0.306.